The molecule has 0 bridgehead atoms. The molecule has 0 N–H and O–H groups in total. The van der Waals surface area contributed by atoms with Crippen molar-refractivity contribution in [1.29, 1.82) is 0 Å². The van der Waals surface area contributed by atoms with Crippen LogP contribution < -0.4 is 4.74 Å². The minimum atomic E-state index is 0.364. The number of hydrogen-bond donors (Lipinski definition) is 0. The first-order valence-electron chi connectivity index (χ1n) is 8.51. The highest BCUT2D eigenvalue weighted by atomic mass is 16.5. The average molecular weight is 334 g/mol. The number of para-hydroxylation sites is 1. The van der Waals surface area contributed by atoms with E-state index in [1.807, 2.05) is 49.4 Å². The highest BCUT2D eigenvalue weighted by Crippen LogP contribution is 2.32. The SMILES string of the molecule is CCOc1cc(-c2nn(-c3ccccc3)cc2C=O)ccc1C(C)C. The summed E-state index contributed by atoms with van der Waals surface area (Å²) >= 11 is 0. The van der Waals surface area contributed by atoms with Crippen LogP contribution in [0.25, 0.3) is 16.9 Å². The van der Waals surface area contributed by atoms with Crippen molar-refractivity contribution in [1.82, 2.24) is 9.78 Å². The van der Waals surface area contributed by atoms with Crippen molar-refractivity contribution in [3.05, 3.63) is 65.9 Å². The van der Waals surface area contributed by atoms with Gasteiger partial charge in [-0.2, -0.15) is 5.10 Å². The zero-order chi connectivity index (χ0) is 17.8. The number of carbonyl (C=O) groups is 1. The van der Waals surface area contributed by atoms with Gasteiger partial charge in [-0.25, -0.2) is 4.68 Å². The van der Waals surface area contributed by atoms with Crippen LogP contribution in [0.2, 0.25) is 0 Å². The lowest BCUT2D eigenvalue weighted by Crippen LogP contribution is -1.99. The first kappa shape index (κ1) is 17.0. The normalized spacial score (nSPS) is 10.9. The Balaban J connectivity index is 2.08. The summed E-state index contributed by atoms with van der Waals surface area (Å²) in [5.74, 6) is 1.21. The van der Waals surface area contributed by atoms with Gasteiger partial charge in [0.2, 0.25) is 0 Å². The maximum Gasteiger partial charge on any atom is 0.153 e. The summed E-state index contributed by atoms with van der Waals surface area (Å²) in [6.07, 6.45) is 2.60. The van der Waals surface area contributed by atoms with Gasteiger partial charge in [0.25, 0.3) is 0 Å². The number of nitrogens with zero attached hydrogens (tertiary/aromatic N) is 2. The van der Waals surface area contributed by atoms with Gasteiger partial charge in [0.05, 0.1) is 17.9 Å². The van der Waals surface area contributed by atoms with E-state index >= 15 is 0 Å². The van der Waals surface area contributed by atoms with Gasteiger partial charge in [0.15, 0.2) is 6.29 Å². The second kappa shape index (κ2) is 7.34. The fourth-order valence-electron chi connectivity index (χ4n) is 2.85. The number of aromatic nitrogens is 2. The number of rotatable bonds is 6. The van der Waals surface area contributed by atoms with E-state index in [-0.39, 0.29) is 0 Å². The third-order valence-electron chi connectivity index (χ3n) is 4.10. The summed E-state index contributed by atoms with van der Waals surface area (Å²) in [5.41, 5.74) is 4.17. The van der Waals surface area contributed by atoms with Gasteiger partial charge >= 0.3 is 0 Å². The van der Waals surface area contributed by atoms with Crippen LogP contribution in [0, 0.1) is 0 Å². The molecule has 0 unspecified atom stereocenters. The van der Waals surface area contributed by atoms with Crippen LogP contribution in [0.15, 0.2) is 54.7 Å². The Morgan fingerprint density at radius 1 is 1.16 bits per heavy atom. The van der Waals surface area contributed by atoms with E-state index in [9.17, 15) is 4.79 Å². The van der Waals surface area contributed by atoms with Crippen LogP contribution in [-0.2, 0) is 0 Å². The van der Waals surface area contributed by atoms with Crippen molar-refractivity contribution in [3.8, 4) is 22.7 Å². The van der Waals surface area contributed by atoms with Crippen molar-refractivity contribution < 1.29 is 9.53 Å². The maximum atomic E-state index is 11.5. The fourth-order valence-corrected chi connectivity index (χ4v) is 2.85. The predicted molar refractivity (Wildman–Crippen MR) is 99.6 cm³/mol. The zero-order valence-electron chi connectivity index (χ0n) is 14.8. The smallest absolute Gasteiger partial charge is 0.153 e. The molecule has 0 aliphatic carbocycles. The lowest BCUT2D eigenvalue weighted by atomic mass is 9.98. The molecule has 4 nitrogen and oxygen atoms in total. The quantitative estimate of drug-likeness (QED) is 0.604. The van der Waals surface area contributed by atoms with E-state index in [0.717, 1.165) is 28.8 Å². The van der Waals surface area contributed by atoms with Crippen LogP contribution >= 0.6 is 0 Å². The molecule has 4 heteroatoms. The lowest BCUT2D eigenvalue weighted by Gasteiger charge is -2.14. The Morgan fingerprint density at radius 2 is 1.92 bits per heavy atom. The first-order valence-corrected chi connectivity index (χ1v) is 8.51. The first-order chi connectivity index (χ1) is 12.1. The summed E-state index contributed by atoms with van der Waals surface area (Å²) in [5, 5.41) is 4.63. The van der Waals surface area contributed by atoms with Crippen molar-refractivity contribution >= 4 is 6.29 Å². The van der Waals surface area contributed by atoms with Crippen LogP contribution in [0.5, 0.6) is 5.75 Å². The molecule has 1 heterocycles. The molecular weight excluding hydrogens is 312 g/mol. The Hall–Kier alpha value is -2.88. The third-order valence-corrected chi connectivity index (χ3v) is 4.10. The standard InChI is InChI=1S/C21H22N2O2/c1-4-25-20-12-16(10-11-19(20)15(2)3)21-17(14-24)13-23(22-21)18-8-6-5-7-9-18/h5-15H,4H2,1-3H3. The number of benzene rings is 2. The molecule has 0 amide bonds. The Bertz CT molecular complexity index is 867. The van der Waals surface area contributed by atoms with E-state index in [1.54, 1.807) is 10.9 Å². The van der Waals surface area contributed by atoms with Crippen LogP contribution in [-0.4, -0.2) is 22.7 Å². The molecule has 2 aromatic carbocycles. The van der Waals surface area contributed by atoms with E-state index in [4.69, 9.17) is 4.74 Å². The maximum absolute atomic E-state index is 11.5. The monoisotopic (exact) mass is 334 g/mol. The van der Waals surface area contributed by atoms with Crippen LogP contribution in [0.4, 0.5) is 0 Å². The van der Waals surface area contributed by atoms with Crippen molar-refractivity contribution in [2.75, 3.05) is 6.61 Å². The highest BCUT2D eigenvalue weighted by molar-refractivity contribution is 5.86. The van der Waals surface area contributed by atoms with Gasteiger partial charge in [-0.1, -0.05) is 44.2 Å². The highest BCUT2D eigenvalue weighted by Gasteiger charge is 2.15. The van der Waals surface area contributed by atoms with Gasteiger partial charge in [0, 0.05) is 11.8 Å². The summed E-state index contributed by atoms with van der Waals surface area (Å²) in [4.78, 5) is 11.5. The molecule has 0 fully saturated rings. The van der Waals surface area contributed by atoms with Gasteiger partial charge in [-0.05, 0) is 36.6 Å². The van der Waals surface area contributed by atoms with E-state index in [0.29, 0.717) is 23.8 Å². The van der Waals surface area contributed by atoms with Gasteiger partial charge in [-0.3, -0.25) is 4.79 Å². The molecule has 0 radical (unpaired) electrons. The minimum Gasteiger partial charge on any atom is -0.494 e. The molecule has 128 valence electrons. The average Bonchev–Trinajstić information content (AvgIpc) is 3.07. The van der Waals surface area contributed by atoms with Gasteiger partial charge < -0.3 is 4.74 Å². The van der Waals surface area contributed by atoms with Crippen molar-refractivity contribution in [2.45, 2.75) is 26.7 Å². The molecule has 3 aromatic rings. The third kappa shape index (κ3) is 3.48. The number of carbonyl (C=O) groups excluding carboxylic acids is 1. The van der Waals surface area contributed by atoms with Crippen molar-refractivity contribution in [3.63, 3.8) is 0 Å². The molecule has 0 aliphatic heterocycles. The molecule has 0 aliphatic rings. The van der Waals surface area contributed by atoms with Gasteiger partial charge in [-0.15, -0.1) is 0 Å². The minimum absolute atomic E-state index is 0.364. The van der Waals surface area contributed by atoms with Gasteiger partial charge in [0.1, 0.15) is 11.4 Å². The fraction of sp³-hybridized carbons (Fsp3) is 0.238. The number of hydrogen-bond acceptors (Lipinski definition) is 3. The molecule has 0 saturated carbocycles. The largest absolute Gasteiger partial charge is 0.494 e. The second-order valence-electron chi connectivity index (χ2n) is 6.17. The molecule has 1 aromatic heterocycles. The molecular formula is C21H22N2O2. The Morgan fingerprint density at radius 3 is 2.56 bits per heavy atom. The molecule has 3 rings (SSSR count). The molecule has 0 saturated heterocycles. The Kier molecular flexibility index (Phi) is 4.98. The summed E-state index contributed by atoms with van der Waals surface area (Å²) < 4.78 is 7.53. The summed E-state index contributed by atoms with van der Waals surface area (Å²) in [6.45, 7) is 6.84. The second-order valence-corrected chi connectivity index (χ2v) is 6.17. The lowest BCUT2D eigenvalue weighted by molar-refractivity contribution is 0.112. The Labute approximate surface area is 148 Å². The van der Waals surface area contributed by atoms with E-state index in [1.165, 1.54) is 0 Å². The number of ether oxygens (including phenoxy) is 1. The van der Waals surface area contributed by atoms with E-state index in [2.05, 4.69) is 25.0 Å². The molecule has 0 atom stereocenters. The summed E-state index contributed by atoms with van der Waals surface area (Å²) in [7, 11) is 0. The van der Waals surface area contributed by atoms with Crippen LogP contribution in [0.3, 0.4) is 0 Å². The van der Waals surface area contributed by atoms with E-state index < -0.39 is 0 Å². The molecule has 0 spiro atoms. The zero-order valence-corrected chi connectivity index (χ0v) is 14.8. The predicted octanol–water partition coefficient (Wildman–Crippen LogP) is 4.87. The topological polar surface area (TPSA) is 44.1 Å². The molecule has 25 heavy (non-hydrogen) atoms. The van der Waals surface area contributed by atoms with Crippen LogP contribution in [0.1, 0.15) is 42.6 Å². The number of aldehydes is 1. The summed E-state index contributed by atoms with van der Waals surface area (Å²) in [6, 6.07) is 15.8. The van der Waals surface area contributed by atoms with Crippen molar-refractivity contribution in [2.24, 2.45) is 0 Å².